The Hall–Kier alpha value is -17.2. The van der Waals surface area contributed by atoms with Gasteiger partial charge in [0, 0.05) is 48.5 Å². The summed E-state index contributed by atoms with van der Waals surface area (Å²) in [7, 11) is 0. The molecule has 25 aromatic carbocycles. The maximum Gasteiger partial charge on any atom is 0.143 e. The van der Waals surface area contributed by atoms with E-state index in [1.807, 2.05) is 171 Å². The average Bonchev–Trinajstić information content (AvgIpc) is 0.904. The molecule has 0 spiro atoms. The number of hydrogen-bond donors (Lipinski definition) is 0. The predicted molar refractivity (Wildman–Crippen MR) is 562 cm³/mol. The van der Waals surface area contributed by atoms with Crippen LogP contribution in [-0.2, 0) is 0 Å². The zero-order chi connectivity index (χ0) is 108. The van der Waals surface area contributed by atoms with Crippen LogP contribution in [0, 0.1) is 6.92 Å². The van der Waals surface area contributed by atoms with Gasteiger partial charge in [-0.2, -0.15) is 0 Å². The van der Waals surface area contributed by atoms with Gasteiger partial charge in [0.15, 0.2) is 0 Å². The van der Waals surface area contributed by atoms with Crippen LogP contribution in [0.15, 0.2) is 480 Å². The lowest BCUT2D eigenvalue weighted by Gasteiger charge is -2.19. The van der Waals surface area contributed by atoms with Gasteiger partial charge in [0.2, 0.25) is 0 Å². The molecule has 3 nitrogen and oxygen atoms in total. The molecule has 0 aliphatic carbocycles. The highest BCUT2D eigenvalue weighted by atomic mass is 16.3. The van der Waals surface area contributed by atoms with Crippen molar-refractivity contribution in [2.45, 2.75) is 6.92 Å². The lowest BCUT2D eigenvalue weighted by atomic mass is 9.84. The summed E-state index contributed by atoms with van der Waals surface area (Å²) in [6, 6.07) is 94.9. The minimum Gasteiger partial charge on any atom is -0.455 e. The van der Waals surface area contributed by atoms with Crippen molar-refractivity contribution in [3.05, 3.63) is 472 Å². The second-order valence-corrected chi connectivity index (χ2v) is 33.2. The van der Waals surface area contributed by atoms with E-state index in [-0.39, 0.29) is 137 Å². The lowest BCUT2D eigenvalue weighted by molar-refractivity contribution is 0.672. The molecule has 3 heterocycles. The van der Waals surface area contributed by atoms with Crippen molar-refractivity contribution in [2.75, 3.05) is 0 Å². The van der Waals surface area contributed by atoms with Gasteiger partial charge in [-0.15, -0.1) is 0 Å². The van der Waals surface area contributed by atoms with Gasteiger partial charge in [-0.1, -0.05) is 406 Å². The Labute approximate surface area is 794 Å². The predicted octanol–water partition coefficient (Wildman–Crippen LogP) is 37.1. The first kappa shape index (κ1) is 55.4. The first-order chi connectivity index (χ1) is 75.4. The van der Waals surface area contributed by atoms with Gasteiger partial charge in [0.1, 0.15) is 33.5 Å². The van der Waals surface area contributed by atoms with Crippen LogP contribution >= 0.6 is 0 Å². The number of aryl methyl sites for hydroxylation is 1. The van der Waals surface area contributed by atoms with Gasteiger partial charge in [-0.3, -0.25) is 0 Å². The third kappa shape index (κ3) is 12.4. The fourth-order valence-electron chi connectivity index (χ4n) is 20.1. The Kier molecular flexibility index (Phi) is 13.0. The summed E-state index contributed by atoms with van der Waals surface area (Å²) >= 11 is 0. The summed E-state index contributed by atoms with van der Waals surface area (Å²) in [5, 5.41) is 17.9. The molecule has 0 aliphatic heterocycles. The molecule has 0 saturated carbocycles. The van der Waals surface area contributed by atoms with Crippen LogP contribution in [0.25, 0.3) is 273 Å². The Morgan fingerprint density at radius 1 is 0.167 bits per heavy atom. The van der Waals surface area contributed by atoms with E-state index in [1.165, 1.54) is 0 Å². The normalized spacial score (nSPS) is 14.4. The number of benzene rings is 25. The number of hydrogen-bond acceptors (Lipinski definition) is 3. The average molecular weight is 1700 g/mol. The first-order valence-electron chi connectivity index (χ1n) is 55.5. The minimum absolute atomic E-state index is 0.191. The molecule has 28 aromatic rings. The molecule has 28 rings (SSSR count). The number of rotatable bonds is 8. The summed E-state index contributed by atoms with van der Waals surface area (Å²) in [4.78, 5) is 0. The Balaban J connectivity index is 0.000000117. The van der Waals surface area contributed by atoms with Crippen LogP contribution in [0.4, 0.5) is 0 Å². The number of fused-ring (bicyclic) bond motifs is 23. The standard InChI is InChI=1S/2C46H28O.C37H24O/c1-2-11-30(12-3-1)44-37-14-6-8-16-39(37)45(40-17-9-7-15-38(40)44)35-21-20-31-26-32(18-19-33(31)27-35)34-23-25-43-42(28-34)41-24-22-29-10-4-5-13-36(29)46(41)47-43;1-2-13-30(14-3-1)44-36-18-8-10-20-38(36)45(39-21-11-9-19-37(39)44)40-26-25-32(34-16-6-7-17-35(34)40)31-23-27-43-42(28-31)41-24-22-29-12-4-5-15-33(29)46(41)47-43;1-23-21-25-13-5-6-14-27(25)37-34(23)32-22-26(19-20-33(32)38-37)36-30-17-9-7-15-28(30)35(24-11-3-2-4-12-24)29-16-8-10-18-31(29)36/h2*1-28H;2-22H,1H3/i6D,7D,8D,9D,14D,15D,16D,17D;8D,9D,10D,11D,18D,19D,20D,21D;7D,8D,9D,10D,15D,16D,17D,18D. The third-order valence-corrected chi connectivity index (χ3v) is 26.0. The van der Waals surface area contributed by atoms with Crippen LogP contribution in [0.2, 0.25) is 0 Å². The van der Waals surface area contributed by atoms with E-state index in [2.05, 4.69) is 78.9 Å². The molecule has 0 amide bonds. The van der Waals surface area contributed by atoms with Crippen LogP contribution in [0.3, 0.4) is 0 Å². The van der Waals surface area contributed by atoms with Crippen molar-refractivity contribution in [1.29, 1.82) is 0 Å². The Morgan fingerprint density at radius 3 is 0.902 bits per heavy atom. The van der Waals surface area contributed by atoms with Gasteiger partial charge in [0.25, 0.3) is 0 Å². The van der Waals surface area contributed by atoms with E-state index in [0.29, 0.717) is 72.3 Å². The summed E-state index contributed by atoms with van der Waals surface area (Å²) in [5.74, 6) is 0. The van der Waals surface area contributed by atoms with Gasteiger partial charge < -0.3 is 13.3 Å². The molecule has 0 N–H and O–H groups in total. The molecule has 0 aliphatic rings. The van der Waals surface area contributed by atoms with Crippen molar-refractivity contribution in [3.8, 4) is 89.0 Å². The molecule has 0 fully saturated rings. The minimum atomic E-state index is -0.424. The summed E-state index contributed by atoms with van der Waals surface area (Å²) in [6.07, 6.45) is 0. The van der Waals surface area contributed by atoms with E-state index in [9.17, 15) is 8.22 Å². The summed E-state index contributed by atoms with van der Waals surface area (Å²) in [5.41, 5.74) is 15.0. The monoisotopic (exact) mass is 1700 g/mol. The van der Waals surface area contributed by atoms with Crippen LogP contribution in [0.5, 0.6) is 0 Å². The largest absolute Gasteiger partial charge is 0.455 e. The van der Waals surface area contributed by atoms with Crippen LogP contribution < -0.4 is 0 Å². The summed E-state index contributed by atoms with van der Waals surface area (Å²) < 4.78 is 234. The summed E-state index contributed by atoms with van der Waals surface area (Å²) in [6.45, 7) is 2.02. The molecule has 132 heavy (non-hydrogen) atoms. The molecular weight excluding hydrogens is 1600 g/mol. The van der Waals surface area contributed by atoms with Gasteiger partial charge in [-0.05, 0) is 265 Å². The maximum absolute atomic E-state index is 9.34. The van der Waals surface area contributed by atoms with Gasteiger partial charge >= 0.3 is 0 Å². The SMILES string of the molecule is [2H]c1c([2H])c([2H])c2c(-c3ccc(-c4ccc5oc6c7ccccc7ccc6c5c4)c4ccccc34)c3c([2H])c([2H])c([2H])c([2H])c3c(-c3ccccc3)c2c1[2H].[2H]c1c([2H])c([2H])c2c(-c3ccc4cc(-c5ccc6oc7c8ccccc8ccc7c6c5)ccc4c3)c3c([2H])c([2H])c([2H])c([2H])c3c(-c3ccccc3)c2c1[2H].[2H]c1c([2H])c([2H])c2c(-c3ccc4oc5c6ccccc6cc(C)c5c4c3)c3c([2H])c([2H])c([2H])c([2H])c3c(-c3ccccc3)c2c1[2H]. The topological polar surface area (TPSA) is 39.4 Å². The molecular formula is C129H80O3. The van der Waals surface area contributed by atoms with E-state index in [1.54, 1.807) is 78.9 Å². The molecule has 0 radical (unpaired) electrons. The van der Waals surface area contributed by atoms with Gasteiger partial charge in [0.05, 0.1) is 32.9 Å². The highest BCUT2D eigenvalue weighted by Gasteiger charge is 2.25. The Morgan fingerprint density at radius 2 is 0.455 bits per heavy atom. The molecule has 0 unspecified atom stereocenters. The lowest BCUT2D eigenvalue weighted by Crippen LogP contribution is -1.92. The highest BCUT2D eigenvalue weighted by Crippen LogP contribution is 2.52. The Bertz CT molecular complexity index is 11000. The number of furan rings is 3. The molecule has 614 valence electrons. The molecule has 0 atom stereocenters. The molecule has 0 bridgehead atoms. The van der Waals surface area contributed by atoms with Crippen molar-refractivity contribution in [2.24, 2.45) is 0 Å². The van der Waals surface area contributed by atoms with Crippen molar-refractivity contribution in [1.82, 2.24) is 0 Å². The van der Waals surface area contributed by atoms with E-state index in [4.69, 9.17) is 37.9 Å². The van der Waals surface area contributed by atoms with Crippen LogP contribution in [0.1, 0.15) is 38.5 Å². The van der Waals surface area contributed by atoms with E-state index in [0.717, 1.165) is 142 Å². The highest BCUT2D eigenvalue weighted by molar-refractivity contribution is 6.28. The van der Waals surface area contributed by atoms with Crippen LogP contribution in [-0.4, -0.2) is 0 Å². The second kappa shape index (κ2) is 31.1. The second-order valence-electron chi connectivity index (χ2n) is 33.2. The van der Waals surface area contributed by atoms with E-state index < -0.39 is 72.5 Å². The maximum atomic E-state index is 9.34. The fourth-order valence-corrected chi connectivity index (χ4v) is 20.1. The third-order valence-electron chi connectivity index (χ3n) is 26.0. The van der Waals surface area contributed by atoms with Gasteiger partial charge in [-0.25, -0.2) is 0 Å². The zero-order valence-electron chi connectivity index (χ0n) is 94.3. The van der Waals surface area contributed by atoms with Crippen molar-refractivity contribution in [3.63, 3.8) is 0 Å². The quantitative estimate of drug-likeness (QED) is 0.142. The molecule has 3 aromatic heterocycles. The fraction of sp³-hybridized carbons (Fsp3) is 0.00775. The molecule has 3 heteroatoms. The zero-order valence-corrected chi connectivity index (χ0v) is 70.3. The van der Waals surface area contributed by atoms with Crippen molar-refractivity contribution >= 4 is 184 Å². The van der Waals surface area contributed by atoms with Crippen molar-refractivity contribution < 1.29 is 46.1 Å². The molecule has 0 saturated heterocycles. The first-order valence-corrected chi connectivity index (χ1v) is 43.5. The smallest absolute Gasteiger partial charge is 0.143 e. The van der Waals surface area contributed by atoms with E-state index >= 15 is 0 Å².